The molecule has 0 aliphatic carbocycles. The average Bonchev–Trinajstić information content (AvgIpc) is 2.69. The summed E-state index contributed by atoms with van der Waals surface area (Å²) in [6, 6.07) is 8.83. The molecule has 1 heterocycles. The van der Waals surface area contributed by atoms with Gasteiger partial charge in [-0.2, -0.15) is 0 Å². The Kier molecular flexibility index (Phi) is 3.82. The van der Waals surface area contributed by atoms with Crippen LogP contribution in [0, 0.1) is 13.8 Å². The fraction of sp³-hybridized carbons (Fsp3) is 0.400. The molecule has 3 nitrogen and oxygen atoms in total. The summed E-state index contributed by atoms with van der Waals surface area (Å²) in [5.74, 6) is 0.999. The van der Waals surface area contributed by atoms with E-state index in [-0.39, 0.29) is 0 Å². The summed E-state index contributed by atoms with van der Waals surface area (Å²) in [6.45, 7) is 9.25. The number of rotatable bonds is 4. The molecule has 2 N–H and O–H groups in total. The van der Waals surface area contributed by atoms with Crippen molar-refractivity contribution >= 4 is 0 Å². The van der Waals surface area contributed by atoms with E-state index in [4.69, 9.17) is 4.98 Å². The fourth-order valence-electron chi connectivity index (χ4n) is 2.01. The zero-order valence-electron chi connectivity index (χ0n) is 11.5. The van der Waals surface area contributed by atoms with Crippen LogP contribution in [0.5, 0.6) is 0 Å². The first kappa shape index (κ1) is 12.8. The van der Waals surface area contributed by atoms with Crippen LogP contribution in [-0.2, 0) is 6.54 Å². The molecule has 96 valence electrons. The molecule has 0 saturated heterocycles. The van der Waals surface area contributed by atoms with Crippen molar-refractivity contribution in [1.82, 2.24) is 15.3 Å². The maximum atomic E-state index is 4.69. The molecule has 0 spiro atoms. The molecule has 0 unspecified atom stereocenters. The number of hydrogen-bond acceptors (Lipinski definition) is 2. The van der Waals surface area contributed by atoms with Gasteiger partial charge in [-0.1, -0.05) is 38.1 Å². The summed E-state index contributed by atoms with van der Waals surface area (Å²) in [5.41, 5.74) is 4.66. The second-order valence-corrected chi connectivity index (χ2v) is 5.01. The van der Waals surface area contributed by atoms with Gasteiger partial charge in [0.05, 0.1) is 12.2 Å². The third-order valence-electron chi connectivity index (χ3n) is 3.01. The van der Waals surface area contributed by atoms with E-state index < -0.39 is 0 Å². The Morgan fingerprint density at radius 2 is 1.94 bits per heavy atom. The van der Waals surface area contributed by atoms with Crippen LogP contribution < -0.4 is 5.32 Å². The zero-order chi connectivity index (χ0) is 13.1. The van der Waals surface area contributed by atoms with Gasteiger partial charge in [0, 0.05) is 17.3 Å². The van der Waals surface area contributed by atoms with Crippen molar-refractivity contribution in [3.63, 3.8) is 0 Å². The van der Waals surface area contributed by atoms with Gasteiger partial charge in [-0.25, -0.2) is 4.98 Å². The van der Waals surface area contributed by atoms with E-state index in [9.17, 15) is 0 Å². The minimum absolute atomic E-state index is 0.470. The fourth-order valence-corrected chi connectivity index (χ4v) is 2.01. The lowest BCUT2D eigenvalue weighted by atomic mass is 10.1. The molecule has 18 heavy (non-hydrogen) atoms. The van der Waals surface area contributed by atoms with Gasteiger partial charge in [0.15, 0.2) is 0 Å². The summed E-state index contributed by atoms with van der Waals surface area (Å²) in [5, 5.41) is 3.37. The number of aromatic amines is 1. The Hall–Kier alpha value is -1.61. The monoisotopic (exact) mass is 243 g/mol. The van der Waals surface area contributed by atoms with Crippen LogP contribution in [0.15, 0.2) is 24.3 Å². The van der Waals surface area contributed by atoms with E-state index in [2.05, 4.69) is 62.3 Å². The quantitative estimate of drug-likeness (QED) is 0.865. The van der Waals surface area contributed by atoms with E-state index in [0.29, 0.717) is 6.04 Å². The number of H-pyrrole nitrogens is 1. The van der Waals surface area contributed by atoms with Crippen molar-refractivity contribution in [2.45, 2.75) is 40.3 Å². The maximum Gasteiger partial charge on any atom is 0.121 e. The summed E-state index contributed by atoms with van der Waals surface area (Å²) in [6.07, 6.45) is 0. The van der Waals surface area contributed by atoms with Crippen molar-refractivity contribution < 1.29 is 0 Å². The van der Waals surface area contributed by atoms with Crippen molar-refractivity contribution in [2.24, 2.45) is 0 Å². The lowest BCUT2D eigenvalue weighted by Gasteiger charge is -2.05. The van der Waals surface area contributed by atoms with E-state index in [0.717, 1.165) is 23.8 Å². The summed E-state index contributed by atoms with van der Waals surface area (Å²) < 4.78 is 0. The minimum Gasteiger partial charge on any atom is -0.344 e. The predicted molar refractivity (Wildman–Crippen MR) is 75.5 cm³/mol. The molecular weight excluding hydrogens is 222 g/mol. The van der Waals surface area contributed by atoms with E-state index in [1.165, 1.54) is 11.1 Å². The Morgan fingerprint density at radius 1 is 1.22 bits per heavy atom. The number of nitrogens with one attached hydrogen (secondary N) is 2. The topological polar surface area (TPSA) is 40.7 Å². The summed E-state index contributed by atoms with van der Waals surface area (Å²) in [4.78, 5) is 8.05. The van der Waals surface area contributed by atoms with Crippen LogP contribution in [-0.4, -0.2) is 16.0 Å². The Bertz CT molecular complexity index is 526. The van der Waals surface area contributed by atoms with Crippen LogP contribution in [0.2, 0.25) is 0 Å². The SMILES string of the molecule is Cc1ccccc1-c1nc(CNC(C)C)[nH]c1C. The lowest BCUT2D eigenvalue weighted by molar-refractivity contribution is 0.575. The van der Waals surface area contributed by atoms with E-state index in [1.54, 1.807) is 0 Å². The molecule has 0 saturated carbocycles. The van der Waals surface area contributed by atoms with Crippen molar-refractivity contribution in [3.05, 3.63) is 41.3 Å². The number of aryl methyl sites for hydroxylation is 2. The number of benzene rings is 1. The average molecular weight is 243 g/mol. The minimum atomic E-state index is 0.470. The smallest absolute Gasteiger partial charge is 0.121 e. The second-order valence-electron chi connectivity index (χ2n) is 5.01. The Balaban J connectivity index is 2.27. The first-order valence-electron chi connectivity index (χ1n) is 6.43. The number of nitrogens with zero attached hydrogens (tertiary/aromatic N) is 1. The largest absolute Gasteiger partial charge is 0.344 e. The van der Waals surface area contributed by atoms with Gasteiger partial charge in [0.1, 0.15) is 5.82 Å². The molecule has 0 fully saturated rings. The van der Waals surface area contributed by atoms with Gasteiger partial charge < -0.3 is 10.3 Å². The van der Waals surface area contributed by atoms with Crippen LogP contribution in [0.4, 0.5) is 0 Å². The first-order valence-corrected chi connectivity index (χ1v) is 6.43. The number of aromatic nitrogens is 2. The van der Waals surface area contributed by atoms with Crippen LogP contribution in [0.25, 0.3) is 11.3 Å². The normalized spacial score (nSPS) is 11.2. The Morgan fingerprint density at radius 3 is 2.61 bits per heavy atom. The molecule has 0 aliphatic heterocycles. The first-order chi connectivity index (χ1) is 8.58. The van der Waals surface area contributed by atoms with E-state index in [1.807, 2.05) is 0 Å². The molecule has 3 heteroatoms. The molecule has 1 aromatic heterocycles. The molecule has 0 atom stereocenters. The standard InChI is InChI=1S/C15H21N3/c1-10(2)16-9-14-17-12(4)15(18-14)13-8-6-5-7-11(13)3/h5-8,10,16H,9H2,1-4H3,(H,17,18). The molecule has 2 rings (SSSR count). The highest BCUT2D eigenvalue weighted by atomic mass is 15.0. The van der Waals surface area contributed by atoms with Crippen molar-refractivity contribution in [2.75, 3.05) is 0 Å². The van der Waals surface area contributed by atoms with Gasteiger partial charge in [-0.3, -0.25) is 0 Å². The Labute approximate surface area is 109 Å². The van der Waals surface area contributed by atoms with Gasteiger partial charge in [0.2, 0.25) is 0 Å². The molecule has 0 amide bonds. The molecule has 2 aromatic rings. The summed E-state index contributed by atoms with van der Waals surface area (Å²) >= 11 is 0. The van der Waals surface area contributed by atoms with E-state index >= 15 is 0 Å². The number of imidazole rings is 1. The lowest BCUT2D eigenvalue weighted by Crippen LogP contribution is -2.22. The molecule has 0 aliphatic rings. The second kappa shape index (κ2) is 5.36. The summed E-state index contributed by atoms with van der Waals surface area (Å²) in [7, 11) is 0. The number of hydrogen-bond donors (Lipinski definition) is 2. The van der Waals surface area contributed by atoms with Crippen molar-refractivity contribution in [1.29, 1.82) is 0 Å². The van der Waals surface area contributed by atoms with Gasteiger partial charge >= 0.3 is 0 Å². The van der Waals surface area contributed by atoms with Crippen LogP contribution >= 0.6 is 0 Å². The maximum absolute atomic E-state index is 4.69. The van der Waals surface area contributed by atoms with Crippen molar-refractivity contribution in [3.8, 4) is 11.3 Å². The van der Waals surface area contributed by atoms with Gasteiger partial charge in [0.25, 0.3) is 0 Å². The predicted octanol–water partition coefficient (Wildman–Crippen LogP) is 3.19. The third-order valence-corrected chi connectivity index (χ3v) is 3.01. The molecule has 0 bridgehead atoms. The van der Waals surface area contributed by atoms with Crippen LogP contribution in [0.1, 0.15) is 30.9 Å². The van der Waals surface area contributed by atoms with Gasteiger partial charge in [-0.05, 0) is 19.4 Å². The highest BCUT2D eigenvalue weighted by molar-refractivity contribution is 5.65. The molecular formula is C15H21N3. The van der Waals surface area contributed by atoms with Gasteiger partial charge in [-0.15, -0.1) is 0 Å². The highest BCUT2D eigenvalue weighted by Crippen LogP contribution is 2.24. The zero-order valence-corrected chi connectivity index (χ0v) is 11.5. The highest BCUT2D eigenvalue weighted by Gasteiger charge is 2.10. The third kappa shape index (κ3) is 2.79. The van der Waals surface area contributed by atoms with Crippen LogP contribution in [0.3, 0.4) is 0 Å². The molecule has 0 radical (unpaired) electrons. The molecule has 1 aromatic carbocycles.